The molecule has 2 atom stereocenters. The molecule has 0 spiro atoms. The summed E-state index contributed by atoms with van der Waals surface area (Å²) in [5, 5.41) is 4.53. The van der Waals surface area contributed by atoms with E-state index in [0.29, 0.717) is 29.1 Å². The largest absolute Gasteiger partial charge is 0.458 e. The number of carbonyl (C=O) groups excluding carboxylic acids is 1. The van der Waals surface area contributed by atoms with E-state index in [2.05, 4.69) is 21.0 Å². The lowest BCUT2D eigenvalue weighted by molar-refractivity contribution is -0.158. The molecule has 0 radical (unpaired) electrons. The summed E-state index contributed by atoms with van der Waals surface area (Å²) in [4.78, 5) is 30.9. The van der Waals surface area contributed by atoms with Gasteiger partial charge in [0, 0.05) is 17.2 Å². The Hall–Kier alpha value is -2.52. The number of carbonyl (C=O) groups is 1. The van der Waals surface area contributed by atoms with Gasteiger partial charge in [-0.1, -0.05) is 19.1 Å². The molecular formula is C24H27BrN4O4. The van der Waals surface area contributed by atoms with Gasteiger partial charge in [-0.25, -0.2) is 4.79 Å². The molecule has 0 N–H and O–H groups in total. The third-order valence-corrected chi connectivity index (χ3v) is 7.05. The molecule has 2 aromatic heterocycles. The first kappa shape index (κ1) is 22.3. The Morgan fingerprint density at radius 1 is 1.30 bits per heavy atom. The molecule has 0 saturated carbocycles. The van der Waals surface area contributed by atoms with Gasteiger partial charge < -0.3 is 9.47 Å². The monoisotopic (exact) mass is 514 g/mol. The molecule has 0 amide bonds. The summed E-state index contributed by atoms with van der Waals surface area (Å²) in [5.74, 6) is 0.404. The zero-order valence-corrected chi connectivity index (χ0v) is 21.2. The molecule has 8 nitrogen and oxygen atoms in total. The van der Waals surface area contributed by atoms with Crippen molar-refractivity contribution in [3.8, 4) is 11.4 Å². The van der Waals surface area contributed by atoms with Crippen LogP contribution in [0.5, 0.6) is 0 Å². The Morgan fingerprint density at radius 3 is 2.73 bits per heavy atom. The number of hydrogen-bond acceptors (Lipinski definition) is 6. The van der Waals surface area contributed by atoms with Crippen LogP contribution in [0.4, 0.5) is 0 Å². The van der Waals surface area contributed by atoms with Gasteiger partial charge in [-0.2, -0.15) is 9.50 Å². The van der Waals surface area contributed by atoms with E-state index in [4.69, 9.17) is 14.5 Å². The topological polar surface area (TPSA) is 87.7 Å². The zero-order chi connectivity index (χ0) is 23.9. The van der Waals surface area contributed by atoms with E-state index in [1.54, 1.807) is 4.57 Å². The lowest BCUT2D eigenvalue weighted by Gasteiger charge is -2.23. The van der Waals surface area contributed by atoms with Crippen molar-refractivity contribution in [1.82, 2.24) is 19.2 Å². The van der Waals surface area contributed by atoms with Gasteiger partial charge in [0.1, 0.15) is 16.1 Å². The minimum atomic E-state index is -0.616. The predicted octanol–water partition coefficient (Wildman–Crippen LogP) is 4.48. The minimum Gasteiger partial charge on any atom is -0.458 e. The molecular weight excluding hydrogens is 488 g/mol. The summed E-state index contributed by atoms with van der Waals surface area (Å²) in [7, 11) is 0. The fourth-order valence-corrected chi connectivity index (χ4v) is 5.54. The summed E-state index contributed by atoms with van der Waals surface area (Å²) in [6.45, 7) is 12.1. The van der Waals surface area contributed by atoms with Crippen LogP contribution in [0.1, 0.15) is 76.7 Å². The first-order valence-electron chi connectivity index (χ1n) is 11.1. The highest BCUT2D eigenvalue weighted by molar-refractivity contribution is 9.10. The van der Waals surface area contributed by atoms with Crippen molar-refractivity contribution in [3.05, 3.63) is 49.8 Å². The second kappa shape index (κ2) is 7.24. The fourth-order valence-electron chi connectivity index (χ4n) is 4.79. The second-order valence-corrected chi connectivity index (χ2v) is 11.2. The molecule has 2 aliphatic heterocycles. The van der Waals surface area contributed by atoms with Crippen LogP contribution in [0.3, 0.4) is 0 Å². The van der Waals surface area contributed by atoms with Crippen molar-refractivity contribution in [1.29, 1.82) is 0 Å². The predicted molar refractivity (Wildman–Crippen MR) is 126 cm³/mol. The first-order chi connectivity index (χ1) is 15.4. The van der Waals surface area contributed by atoms with Crippen molar-refractivity contribution in [2.45, 2.75) is 77.7 Å². The van der Waals surface area contributed by atoms with Crippen LogP contribution in [0.25, 0.3) is 17.2 Å². The smallest absolute Gasteiger partial charge is 0.329 e. The molecule has 5 rings (SSSR count). The standard InChI is InChI=1S/C24H27BrN4O4/c1-12-9-16(21(31)33-23(2,3)4)28-18(12)17(25)20(30)29-22(28)26-19(27-29)13-7-8-15-14(10-13)11-32-24(15,5)6/h7-8,10,12,16H,9,11H2,1-6H3/t12-,16?/m1/s1. The average Bonchev–Trinajstić information content (AvgIpc) is 3.38. The van der Waals surface area contributed by atoms with Crippen molar-refractivity contribution < 1.29 is 14.3 Å². The van der Waals surface area contributed by atoms with Gasteiger partial charge in [-0.15, -0.1) is 5.10 Å². The molecule has 0 saturated heterocycles. The Bertz CT molecular complexity index is 1370. The molecule has 0 bridgehead atoms. The summed E-state index contributed by atoms with van der Waals surface area (Å²) in [5.41, 5.74) is 2.51. The van der Waals surface area contributed by atoms with E-state index in [-0.39, 0.29) is 23.0 Å². The highest BCUT2D eigenvalue weighted by atomic mass is 79.9. The Morgan fingerprint density at radius 2 is 2.03 bits per heavy atom. The number of hydrogen-bond donors (Lipinski definition) is 0. The minimum absolute atomic E-state index is 0.0193. The number of rotatable bonds is 2. The molecule has 9 heteroatoms. The van der Waals surface area contributed by atoms with Crippen LogP contribution in [0.15, 0.2) is 27.5 Å². The Balaban J connectivity index is 1.67. The van der Waals surface area contributed by atoms with E-state index in [1.165, 1.54) is 4.52 Å². The van der Waals surface area contributed by atoms with E-state index >= 15 is 0 Å². The van der Waals surface area contributed by atoms with Gasteiger partial charge >= 0.3 is 5.97 Å². The normalized spacial score (nSPS) is 21.3. The summed E-state index contributed by atoms with van der Waals surface area (Å²) in [6.07, 6.45) is 0.528. The zero-order valence-electron chi connectivity index (χ0n) is 19.6. The maximum absolute atomic E-state index is 13.1. The molecule has 33 heavy (non-hydrogen) atoms. The van der Waals surface area contributed by atoms with Crippen LogP contribution in [-0.4, -0.2) is 30.7 Å². The maximum atomic E-state index is 13.1. The highest BCUT2D eigenvalue weighted by Crippen LogP contribution is 2.41. The van der Waals surface area contributed by atoms with E-state index in [1.807, 2.05) is 59.7 Å². The molecule has 1 unspecified atom stereocenters. The Labute approximate surface area is 200 Å². The third kappa shape index (κ3) is 3.52. The number of esters is 1. The van der Waals surface area contributed by atoms with Crippen LogP contribution in [0, 0.1) is 0 Å². The van der Waals surface area contributed by atoms with Crippen LogP contribution >= 0.6 is 15.9 Å². The quantitative estimate of drug-likeness (QED) is 0.468. The molecule has 174 valence electrons. The lowest BCUT2D eigenvalue weighted by atomic mass is 9.94. The van der Waals surface area contributed by atoms with Crippen LogP contribution in [-0.2, 0) is 26.5 Å². The maximum Gasteiger partial charge on any atom is 0.329 e. The molecule has 0 aliphatic carbocycles. The average molecular weight is 515 g/mol. The van der Waals surface area contributed by atoms with Gasteiger partial charge in [0.05, 0.1) is 12.2 Å². The van der Waals surface area contributed by atoms with Gasteiger partial charge in [-0.3, -0.25) is 9.36 Å². The molecule has 1 aromatic carbocycles. The van der Waals surface area contributed by atoms with Crippen LogP contribution in [0.2, 0.25) is 0 Å². The summed E-state index contributed by atoms with van der Waals surface area (Å²) < 4.78 is 15.0. The SMILES string of the molecule is C[C@@H]1CC(C(=O)OC(C)(C)C)n2c1c(Br)c(=O)n1nc(-c3ccc4c(c3)COC4(C)C)nc21. The number of fused-ring (bicyclic) bond motifs is 4. The highest BCUT2D eigenvalue weighted by Gasteiger charge is 2.40. The number of aromatic nitrogens is 4. The molecule has 4 heterocycles. The van der Waals surface area contributed by atoms with E-state index in [0.717, 1.165) is 22.4 Å². The van der Waals surface area contributed by atoms with Gasteiger partial charge in [0.25, 0.3) is 5.56 Å². The lowest BCUT2D eigenvalue weighted by Crippen LogP contribution is -2.31. The van der Waals surface area contributed by atoms with Crippen LogP contribution < -0.4 is 5.56 Å². The summed E-state index contributed by atoms with van der Waals surface area (Å²) >= 11 is 3.46. The number of ether oxygens (including phenoxy) is 2. The van der Waals surface area contributed by atoms with E-state index in [9.17, 15) is 9.59 Å². The molecule has 2 aliphatic rings. The number of nitrogens with zero attached hydrogens (tertiary/aromatic N) is 4. The number of benzene rings is 1. The first-order valence-corrected chi connectivity index (χ1v) is 11.9. The molecule has 3 aromatic rings. The third-order valence-electron chi connectivity index (χ3n) is 6.30. The Kier molecular flexibility index (Phi) is 4.89. The van der Waals surface area contributed by atoms with Crippen molar-refractivity contribution in [2.24, 2.45) is 0 Å². The fraction of sp³-hybridized carbons (Fsp3) is 0.500. The summed E-state index contributed by atoms with van der Waals surface area (Å²) in [6, 6.07) is 5.40. The van der Waals surface area contributed by atoms with Crippen molar-refractivity contribution >= 4 is 27.7 Å². The van der Waals surface area contributed by atoms with Crippen molar-refractivity contribution in [2.75, 3.05) is 0 Å². The van der Waals surface area contributed by atoms with Gasteiger partial charge in [-0.05, 0) is 74.2 Å². The van der Waals surface area contributed by atoms with Crippen molar-refractivity contribution in [3.63, 3.8) is 0 Å². The van der Waals surface area contributed by atoms with Gasteiger partial charge in [0.15, 0.2) is 5.82 Å². The second-order valence-electron chi connectivity index (χ2n) is 10.4. The van der Waals surface area contributed by atoms with E-state index < -0.39 is 11.6 Å². The van der Waals surface area contributed by atoms with Gasteiger partial charge in [0.2, 0.25) is 5.78 Å². The molecule has 0 fully saturated rings. The number of halogens is 1.